The molecule has 0 saturated heterocycles. The molecule has 0 heterocycles. The van der Waals surface area contributed by atoms with Gasteiger partial charge >= 0.3 is 0 Å². The molecule has 127 heavy (non-hydrogen) atoms. The highest BCUT2D eigenvalue weighted by Crippen LogP contribution is 2.63. The van der Waals surface area contributed by atoms with Crippen LogP contribution >= 0.6 is 0 Å². The van der Waals surface area contributed by atoms with E-state index in [1.807, 2.05) is 41.5 Å². The van der Waals surface area contributed by atoms with Crippen molar-refractivity contribution in [2.24, 2.45) is 0 Å². The van der Waals surface area contributed by atoms with Crippen LogP contribution in [0.25, 0.3) is 166 Å². The first-order chi connectivity index (χ1) is 63.1. The van der Waals surface area contributed by atoms with Crippen LogP contribution in [-0.4, -0.2) is 0 Å². The highest BCUT2D eigenvalue weighted by atomic mass is 14.5. The maximum absolute atomic E-state index is 2.31. The van der Waals surface area contributed by atoms with Crippen molar-refractivity contribution < 1.29 is 0 Å². The van der Waals surface area contributed by atoms with E-state index in [1.54, 1.807) is 33.4 Å². The molecule has 0 bridgehead atoms. The van der Waals surface area contributed by atoms with Crippen molar-refractivity contribution in [3.63, 3.8) is 0 Å². The van der Waals surface area contributed by atoms with Crippen LogP contribution in [0.1, 0.15) is 119 Å². The van der Waals surface area contributed by atoms with E-state index >= 15 is 0 Å². The van der Waals surface area contributed by atoms with Crippen molar-refractivity contribution in [2.75, 3.05) is 0 Å². The molecule has 5 aliphatic carbocycles. The van der Waals surface area contributed by atoms with E-state index in [4.69, 9.17) is 0 Å². The Morgan fingerprint density at radius 1 is 0.165 bits per heavy atom. The lowest BCUT2D eigenvalue weighted by molar-refractivity contribution is 0.794. The van der Waals surface area contributed by atoms with Gasteiger partial charge in [0.15, 0.2) is 0 Å². The predicted octanol–water partition coefficient (Wildman–Crippen LogP) is 34.8. The van der Waals surface area contributed by atoms with Crippen LogP contribution in [0.15, 0.2) is 425 Å². The topological polar surface area (TPSA) is 0 Å². The quantitative estimate of drug-likeness (QED) is 0.0936. The molecule has 0 radical (unpaired) electrons. The monoisotopic (exact) mass is 1630 g/mol. The second-order valence-corrected chi connectivity index (χ2v) is 32.8. The lowest BCUT2D eigenvalue weighted by atomic mass is 9.70. The third-order valence-corrected chi connectivity index (χ3v) is 26.2. The molecule has 0 N–H and O–H groups in total. The average molecular weight is 1630 g/mol. The molecule has 0 fully saturated rings. The number of hydrogen-bond donors (Lipinski definition) is 0. The van der Waals surface area contributed by atoms with Crippen LogP contribution in [0.2, 0.25) is 0 Å². The Morgan fingerprint density at radius 3 is 0.677 bits per heavy atom. The summed E-state index contributed by atoms with van der Waals surface area (Å²) in [5, 5.41) is 24.1. The second-order valence-electron chi connectivity index (χ2n) is 32.8. The molecule has 612 valence electrons. The van der Waals surface area contributed by atoms with Gasteiger partial charge in [0.2, 0.25) is 0 Å². The number of aryl methyl sites for hydroxylation is 6. The van der Waals surface area contributed by atoms with Gasteiger partial charge in [0.25, 0.3) is 0 Å². The van der Waals surface area contributed by atoms with Crippen molar-refractivity contribution in [3.8, 4) is 44.5 Å². The first kappa shape index (κ1) is 81.8. The SMILES string of the molecule is C(=C\c1c2ccccc2c(/C=C/c2ccccc2)c2ccccc12)/c1ccccc1.CC.CC.CC.c1cc2c3c(c1)CCc1cccc(c1-3)CC2.c1cc2ccc3cccc4ccc(c1)c2c34.c1cc2cccc3c4cccc5cccc(c(c1)c23)c54.c1ccc2c(c1)-c1ccccc1C21c2ccccc2-c2ccccc21.c1ccc2c(c1)CCc1ccccc1-2. The fourth-order valence-electron chi connectivity index (χ4n) is 20.9. The summed E-state index contributed by atoms with van der Waals surface area (Å²) in [5.74, 6) is 0. The van der Waals surface area contributed by atoms with Gasteiger partial charge in [0, 0.05) is 0 Å². The molecule has 5 aliphatic rings. The van der Waals surface area contributed by atoms with Gasteiger partial charge in [0.05, 0.1) is 5.41 Å². The van der Waals surface area contributed by atoms with Gasteiger partial charge in [-0.15, -0.1) is 0 Å². The van der Waals surface area contributed by atoms with Crippen molar-refractivity contribution in [2.45, 2.75) is 85.5 Å². The van der Waals surface area contributed by atoms with Gasteiger partial charge in [-0.1, -0.05) is 490 Å². The van der Waals surface area contributed by atoms with Crippen LogP contribution in [0.5, 0.6) is 0 Å². The second kappa shape index (κ2) is 36.9. The predicted molar refractivity (Wildman–Crippen MR) is 553 cm³/mol. The van der Waals surface area contributed by atoms with Crippen molar-refractivity contribution >= 4 is 121 Å². The summed E-state index contributed by atoms with van der Waals surface area (Å²) < 4.78 is 0. The standard InChI is InChI=1S/C30H22.C25H16.C20H12.C16H14.C16H10.C14H12.3C2H6/c1-3-11-23(12-4-1)19-21-29-25-15-7-9-17-27(25)30(28-18-10-8-16-26(28)29)22-20-24-13-5-2-6-14-24;1-5-13-21-17(9-1)18-10-2-6-14-22(18)25(21)23-15-7-3-11-19(23)20-12-4-8-16-24(20)25;1-5-13-6-2-11-17-18-12-4-8-14-7-3-10-16(20(14)18)15(9-1)19(13)17;2*1-3-11-7-9-13-5-2-6-14-10-8-12(4-1)15(11)16(13)14;1-3-7-13-11(5-1)9-10-12-6-2-4-8-14(12)13;3*1-2/h1-22H;1-16H;1-12H;1-6H,7-10H2;1-10H;1-8H,9-10H2;3*1-2H3/b21-19+,22-20+;;;;;;;;. The molecule has 0 heteroatoms. The first-order valence-electron chi connectivity index (χ1n) is 45.9. The minimum absolute atomic E-state index is 0.180. The molecule has 0 amide bonds. The minimum Gasteiger partial charge on any atom is -0.0683 e. The van der Waals surface area contributed by atoms with E-state index in [2.05, 4.69) is 449 Å². The molecule has 0 atom stereocenters. The van der Waals surface area contributed by atoms with E-state index in [0.717, 1.165) is 0 Å². The van der Waals surface area contributed by atoms with Crippen LogP contribution in [-0.2, 0) is 43.9 Å². The third-order valence-electron chi connectivity index (χ3n) is 26.2. The summed E-state index contributed by atoms with van der Waals surface area (Å²) in [6, 6.07) is 153. The van der Waals surface area contributed by atoms with Gasteiger partial charge in [-0.25, -0.2) is 0 Å². The van der Waals surface area contributed by atoms with Crippen molar-refractivity contribution in [1.82, 2.24) is 0 Å². The first-order valence-corrected chi connectivity index (χ1v) is 45.9. The maximum atomic E-state index is 2.31. The fraction of sp³-hybridized carbons (Fsp3) is 0.102. The van der Waals surface area contributed by atoms with Crippen LogP contribution in [0.3, 0.4) is 0 Å². The van der Waals surface area contributed by atoms with Crippen LogP contribution in [0.4, 0.5) is 0 Å². The molecule has 27 rings (SSSR count). The zero-order valence-electron chi connectivity index (χ0n) is 73.5. The molecule has 0 unspecified atom stereocenters. The lowest BCUT2D eigenvalue weighted by Crippen LogP contribution is -2.25. The van der Waals surface area contributed by atoms with E-state index in [9.17, 15) is 0 Å². The summed E-state index contributed by atoms with van der Waals surface area (Å²) in [7, 11) is 0. The lowest BCUT2D eigenvalue weighted by Gasteiger charge is -2.30. The van der Waals surface area contributed by atoms with Crippen LogP contribution in [0, 0.1) is 0 Å². The largest absolute Gasteiger partial charge is 0.0725 e. The molecule has 22 aromatic rings. The summed E-state index contributed by atoms with van der Waals surface area (Å²) in [6.07, 6.45) is 16.2. The van der Waals surface area contributed by atoms with Crippen molar-refractivity contribution in [1.29, 1.82) is 0 Å². The van der Waals surface area contributed by atoms with Gasteiger partial charge in [-0.2, -0.15) is 0 Å². The summed E-state index contributed by atoms with van der Waals surface area (Å²) in [4.78, 5) is 0. The van der Waals surface area contributed by atoms with Gasteiger partial charge in [-0.3, -0.25) is 0 Å². The summed E-state index contributed by atoms with van der Waals surface area (Å²) in [5.41, 5.74) is 31.1. The normalized spacial score (nSPS) is 12.6. The zero-order valence-corrected chi connectivity index (χ0v) is 73.5. The minimum atomic E-state index is -0.180. The highest BCUT2D eigenvalue weighted by Gasteiger charge is 2.51. The van der Waals surface area contributed by atoms with Crippen molar-refractivity contribution in [3.05, 3.63) is 503 Å². The zero-order chi connectivity index (χ0) is 86.2. The Hall–Kier alpha value is -14.8. The average Bonchev–Trinajstić information content (AvgIpc) is 1.50. The Kier molecular flexibility index (Phi) is 23.8. The Bertz CT molecular complexity index is 6970. The molecular weight excluding hydrogens is 1530 g/mol. The summed E-state index contributed by atoms with van der Waals surface area (Å²) >= 11 is 0. The summed E-state index contributed by atoms with van der Waals surface area (Å²) in [6.45, 7) is 12.0. The molecule has 0 nitrogen and oxygen atoms in total. The van der Waals surface area contributed by atoms with Gasteiger partial charge < -0.3 is 0 Å². The van der Waals surface area contributed by atoms with E-state index < -0.39 is 0 Å². The van der Waals surface area contributed by atoms with Crippen LogP contribution < -0.4 is 0 Å². The Labute approximate surface area is 748 Å². The third kappa shape index (κ3) is 15.1. The number of hydrogen-bond acceptors (Lipinski definition) is 0. The smallest absolute Gasteiger partial charge is 0.0683 e. The van der Waals surface area contributed by atoms with Gasteiger partial charge in [-0.05, 0) is 258 Å². The maximum Gasteiger partial charge on any atom is 0.0725 e. The van der Waals surface area contributed by atoms with Gasteiger partial charge in [0.1, 0.15) is 0 Å². The van der Waals surface area contributed by atoms with E-state index in [1.165, 1.54) is 224 Å². The van der Waals surface area contributed by atoms with E-state index in [-0.39, 0.29) is 5.41 Å². The Morgan fingerprint density at radius 2 is 0.378 bits per heavy atom. The molecular formula is C127H104. The number of rotatable bonds is 4. The molecule has 0 saturated carbocycles. The van der Waals surface area contributed by atoms with E-state index in [0.29, 0.717) is 0 Å². The molecule has 1 spiro atoms. The molecule has 0 aliphatic heterocycles. The molecule has 0 aromatic heterocycles. The molecule has 22 aromatic carbocycles. The number of benzene rings is 22. The Balaban J connectivity index is 0.0000000998. The number of fused-ring (bicyclic) bond motifs is 17. The fourth-order valence-corrected chi connectivity index (χ4v) is 20.9. The highest BCUT2D eigenvalue weighted by molar-refractivity contribution is 6.33.